The quantitative estimate of drug-likeness (QED) is 0.846. The average Bonchev–Trinajstić information content (AvgIpc) is 2.64. The minimum atomic E-state index is 0.523. The third-order valence-corrected chi connectivity index (χ3v) is 4.63. The second-order valence-corrected chi connectivity index (χ2v) is 6.29. The fourth-order valence-electron chi connectivity index (χ4n) is 2.92. The Morgan fingerprint density at radius 1 is 1.24 bits per heavy atom. The molecule has 3 N–H and O–H groups in total. The minimum absolute atomic E-state index is 0.523. The van der Waals surface area contributed by atoms with Crippen LogP contribution in [0.3, 0.4) is 0 Å². The molecule has 3 rings (SSSR count). The number of benzene rings is 1. The molecule has 2 aromatic rings. The number of ether oxygens (including phenoxy) is 1. The first-order valence-electron chi connectivity index (χ1n) is 8.30. The largest absolute Gasteiger partial charge is 0.495 e. The highest BCUT2D eigenvalue weighted by Gasteiger charge is 2.20. The van der Waals surface area contributed by atoms with Crippen LogP contribution >= 0.6 is 11.6 Å². The molecule has 1 aromatic carbocycles. The minimum Gasteiger partial charge on any atom is -0.495 e. The number of nitrogens with zero attached hydrogens (tertiary/aromatic N) is 4. The summed E-state index contributed by atoms with van der Waals surface area (Å²) in [5.41, 5.74) is 7.58. The van der Waals surface area contributed by atoms with Crippen LogP contribution in [-0.4, -0.2) is 54.7 Å². The molecule has 2 heterocycles. The van der Waals surface area contributed by atoms with Crippen LogP contribution in [0.1, 0.15) is 6.92 Å². The molecule has 25 heavy (non-hydrogen) atoms. The summed E-state index contributed by atoms with van der Waals surface area (Å²) in [6.45, 7) is 7.04. The molecular weight excluding hydrogens is 340 g/mol. The Balaban J connectivity index is 1.83. The van der Waals surface area contributed by atoms with E-state index in [0.717, 1.165) is 38.5 Å². The third kappa shape index (κ3) is 3.88. The van der Waals surface area contributed by atoms with Gasteiger partial charge in [0.15, 0.2) is 11.6 Å². The van der Waals surface area contributed by atoms with Crippen molar-refractivity contribution < 1.29 is 4.74 Å². The van der Waals surface area contributed by atoms with Crippen LogP contribution in [0.4, 0.5) is 23.0 Å². The zero-order valence-corrected chi connectivity index (χ0v) is 15.3. The molecule has 1 aliphatic rings. The van der Waals surface area contributed by atoms with E-state index in [1.807, 2.05) is 0 Å². The van der Waals surface area contributed by atoms with Crippen molar-refractivity contribution in [1.82, 2.24) is 14.9 Å². The molecule has 7 nitrogen and oxygen atoms in total. The van der Waals surface area contributed by atoms with Gasteiger partial charge in [0.1, 0.15) is 17.8 Å². The number of likely N-dealkylation sites (N-methyl/N-ethyl adjacent to an activating group) is 1. The van der Waals surface area contributed by atoms with Gasteiger partial charge in [0.05, 0.1) is 12.8 Å². The zero-order valence-electron chi connectivity index (χ0n) is 14.5. The van der Waals surface area contributed by atoms with Gasteiger partial charge in [-0.2, -0.15) is 0 Å². The van der Waals surface area contributed by atoms with E-state index in [4.69, 9.17) is 22.1 Å². The second kappa shape index (κ2) is 7.76. The van der Waals surface area contributed by atoms with E-state index in [1.165, 1.54) is 6.33 Å². The van der Waals surface area contributed by atoms with Gasteiger partial charge in [0.25, 0.3) is 0 Å². The topological polar surface area (TPSA) is 79.5 Å². The van der Waals surface area contributed by atoms with Crippen molar-refractivity contribution in [2.45, 2.75) is 6.92 Å². The summed E-state index contributed by atoms with van der Waals surface area (Å²) in [5, 5.41) is 3.81. The number of nitrogen functional groups attached to an aromatic ring is 1. The number of methoxy groups -OCH3 is 1. The first-order valence-corrected chi connectivity index (χ1v) is 8.68. The van der Waals surface area contributed by atoms with Crippen molar-refractivity contribution in [2.24, 2.45) is 0 Å². The van der Waals surface area contributed by atoms with E-state index in [1.54, 1.807) is 25.3 Å². The van der Waals surface area contributed by atoms with Gasteiger partial charge in [0, 0.05) is 31.2 Å². The van der Waals surface area contributed by atoms with Crippen molar-refractivity contribution in [2.75, 3.05) is 55.8 Å². The van der Waals surface area contributed by atoms with Gasteiger partial charge in [0.2, 0.25) is 0 Å². The van der Waals surface area contributed by atoms with Crippen molar-refractivity contribution >= 4 is 34.6 Å². The number of hydrogen-bond acceptors (Lipinski definition) is 7. The fraction of sp³-hybridized carbons (Fsp3) is 0.412. The van der Waals surface area contributed by atoms with Gasteiger partial charge >= 0.3 is 0 Å². The lowest BCUT2D eigenvalue weighted by atomic mass is 10.2. The Morgan fingerprint density at radius 2 is 2.00 bits per heavy atom. The summed E-state index contributed by atoms with van der Waals surface area (Å²) in [4.78, 5) is 13.3. The van der Waals surface area contributed by atoms with E-state index in [0.29, 0.717) is 28.0 Å². The van der Waals surface area contributed by atoms with E-state index < -0.39 is 0 Å². The van der Waals surface area contributed by atoms with Gasteiger partial charge in [-0.05, 0) is 24.7 Å². The Kier molecular flexibility index (Phi) is 5.45. The number of halogens is 1. The molecule has 0 amide bonds. The fourth-order valence-corrected chi connectivity index (χ4v) is 3.09. The molecule has 0 atom stereocenters. The Morgan fingerprint density at radius 3 is 2.68 bits per heavy atom. The molecule has 0 bridgehead atoms. The maximum atomic E-state index is 6.34. The molecule has 0 saturated carbocycles. The summed E-state index contributed by atoms with van der Waals surface area (Å²) in [6.07, 6.45) is 1.53. The maximum absolute atomic E-state index is 6.34. The lowest BCUT2D eigenvalue weighted by Crippen LogP contribution is -2.46. The zero-order chi connectivity index (χ0) is 17.8. The van der Waals surface area contributed by atoms with Crippen LogP contribution in [-0.2, 0) is 0 Å². The van der Waals surface area contributed by atoms with E-state index in [2.05, 4.69) is 32.0 Å². The average molecular weight is 363 g/mol. The van der Waals surface area contributed by atoms with Crippen LogP contribution in [0, 0.1) is 0 Å². The van der Waals surface area contributed by atoms with E-state index >= 15 is 0 Å². The molecule has 1 aliphatic heterocycles. The molecule has 134 valence electrons. The van der Waals surface area contributed by atoms with Gasteiger partial charge in [-0.1, -0.05) is 18.5 Å². The number of anilines is 4. The molecule has 0 aliphatic carbocycles. The molecule has 0 spiro atoms. The third-order valence-electron chi connectivity index (χ3n) is 4.40. The Bertz CT molecular complexity index is 733. The second-order valence-electron chi connectivity index (χ2n) is 5.85. The van der Waals surface area contributed by atoms with Crippen LogP contribution in [0.2, 0.25) is 5.02 Å². The van der Waals surface area contributed by atoms with Crippen LogP contribution in [0.25, 0.3) is 0 Å². The van der Waals surface area contributed by atoms with E-state index in [9.17, 15) is 0 Å². The standard InChI is InChI=1S/C17H23ClN6O/c1-3-23-6-8-24(9-7-23)17-15(19)16(20-11-21-17)22-13-10-12(18)4-5-14(13)25-2/h4-5,10-11H,3,6-9,19H2,1-2H3,(H,20,21,22). The monoisotopic (exact) mass is 362 g/mol. The molecule has 1 aromatic heterocycles. The van der Waals surface area contributed by atoms with Crippen LogP contribution < -0.4 is 20.7 Å². The molecule has 0 radical (unpaired) electrons. The number of nitrogens with two attached hydrogens (primary N) is 1. The van der Waals surface area contributed by atoms with Crippen molar-refractivity contribution in [3.63, 3.8) is 0 Å². The Labute approximate surface area is 152 Å². The van der Waals surface area contributed by atoms with E-state index in [-0.39, 0.29) is 0 Å². The number of hydrogen-bond donors (Lipinski definition) is 2. The highest BCUT2D eigenvalue weighted by molar-refractivity contribution is 6.31. The summed E-state index contributed by atoms with van der Waals surface area (Å²) < 4.78 is 5.36. The molecule has 0 unspecified atom stereocenters. The van der Waals surface area contributed by atoms with Gasteiger partial charge in [-0.25, -0.2) is 9.97 Å². The van der Waals surface area contributed by atoms with Crippen LogP contribution in [0.5, 0.6) is 5.75 Å². The van der Waals surface area contributed by atoms with Crippen molar-refractivity contribution in [3.8, 4) is 5.75 Å². The summed E-state index contributed by atoms with van der Waals surface area (Å²) in [7, 11) is 1.61. The summed E-state index contributed by atoms with van der Waals surface area (Å²) in [5.74, 6) is 1.97. The lowest BCUT2D eigenvalue weighted by molar-refractivity contribution is 0.270. The summed E-state index contributed by atoms with van der Waals surface area (Å²) in [6, 6.07) is 5.35. The van der Waals surface area contributed by atoms with Gasteiger partial charge in [-0.3, -0.25) is 0 Å². The van der Waals surface area contributed by atoms with Crippen LogP contribution in [0.15, 0.2) is 24.5 Å². The predicted octanol–water partition coefficient (Wildman–Crippen LogP) is 2.61. The van der Waals surface area contributed by atoms with Gasteiger partial charge < -0.3 is 25.6 Å². The first kappa shape index (κ1) is 17.6. The number of nitrogens with one attached hydrogen (secondary N) is 1. The van der Waals surface area contributed by atoms with Gasteiger partial charge in [-0.15, -0.1) is 0 Å². The SMILES string of the molecule is CCN1CCN(c2ncnc(Nc3cc(Cl)ccc3OC)c2N)CC1. The lowest BCUT2D eigenvalue weighted by Gasteiger charge is -2.35. The molecule has 1 saturated heterocycles. The first-order chi connectivity index (χ1) is 12.1. The molecule has 8 heteroatoms. The summed E-state index contributed by atoms with van der Waals surface area (Å²) >= 11 is 6.09. The number of aromatic nitrogens is 2. The number of piperazine rings is 1. The molecule has 1 fully saturated rings. The maximum Gasteiger partial charge on any atom is 0.159 e. The highest BCUT2D eigenvalue weighted by Crippen LogP contribution is 2.34. The number of rotatable bonds is 5. The normalized spacial score (nSPS) is 15.2. The molecular formula is C17H23ClN6O. The van der Waals surface area contributed by atoms with Crippen molar-refractivity contribution in [3.05, 3.63) is 29.5 Å². The predicted molar refractivity (Wildman–Crippen MR) is 102 cm³/mol. The highest BCUT2D eigenvalue weighted by atomic mass is 35.5. The Hall–Kier alpha value is -2.25. The smallest absolute Gasteiger partial charge is 0.159 e. The van der Waals surface area contributed by atoms with Crippen molar-refractivity contribution in [1.29, 1.82) is 0 Å².